The number of nitrogens with one attached hydrogen (secondary N) is 1. The van der Waals surface area contributed by atoms with Crippen molar-refractivity contribution in [2.24, 2.45) is 0 Å². The lowest BCUT2D eigenvalue weighted by Crippen LogP contribution is -2.69. The molecule has 1 rings (SSSR count). The minimum Gasteiger partial charge on any atom is -0.395 e. The van der Waals surface area contributed by atoms with Gasteiger partial charge in [0, 0.05) is 6.42 Å². The van der Waals surface area contributed by atoms with E-state index < -0.39 is 0 Å². The lowest BCUT2D eigenvalue weighted by molar-refractivity contribution is -0.926. The quantitative estimate of drug-likeness (QED) is 0.623. The fourth-order valence-corrected chi connectivity index (χ4v) is 2.28. The Morgan fingerprint density at radius 3 is 2.30 bits per heavy atom. The number of halogens is 1. The number of benzene rings is 1. The largest absolute Gasteiger partial charge is 0.395 e. The van der Waals surface area contributed by atoms with E-state index in [9.17, 15) is 4.79 Å². The fraction of sp³-hybridized carbons (Fsp3) is 0.533. The third-order valence-electron chi connectivity index (χ3n) is 3.86. The minimum absolute atomic E-state index is 0. The summed E-state index contributed by atoms with van der Waals surface area (Å²) in [5.41, 5.74) is 4.04. The molecule has 4 nitrogen and oxygen atoms in total. The molecule has 0 bridgehead atoms. The van der Waals surface area contributed by atoms with Gasteiger partial charge in [-0.25, -0.2) is 4.79 Å². The van der Waals surface area contributed by atoms with Crippen molar-refractivity contribution in [1.29, 1.82) is 0 Å². The van der Waals surface area contributed by atoms with Gasteiger partial charge in [-0.05, 0) is 19.4 Å². The van der Waals surface area contributed by atoms with Crippen molar-refractivity contribution in [3.05, 3.63) is 35.9 Å². The molecule has 0 aliphatic rings. The zero-order valence-electron chi connectivity index (χ0n) is 12.7. The van der Waals surface area contributed by atoms with E-state index in [-0.39, 0.29) is 35.1 Å². The molecule has 0 heterocycles. The molecule has 2 N–H and O–H groups in total. The molecule has 5 heteroatoms. The minimum atomic E-state index is -0.303. The second-order valence-corrected chi connectivity index (χ2v) is 5.63. The molecule has 0 aliphatic carbocycles. The molecule has 1 atom stereocenters. The summed E-state index contributed by atoms with van der Waals surface area (Å²) in [6, 6.07) is 10.1. The smallest absolute Gasteiger partial charge is 0.329 e. The number of carbonyl (C=O) groups is 1. The first kappa shape index (κ1) is 19.1. The van der Waals surface area contributed by atoms with Gasteiger partial charge in [-0.1, -0.05) is 30.3 Å². The molecule has 1 aromatic carbocycles. The van der Waals surface area contributed by atoms with Gasteiger partial charge in [0.2, 0.25) is 0 Å². The third kappa shape index (κ3) is 4.28. The summed E-state index contributed by atoms with van der Waals surface area (Å²) in [5, 5.41) is 8.98. The summed E-state index contributed by atoms with van der Waals surface area (Å²) in [4.78, 5) is 12.0. The van der Waals surface area contributed by atoms with Crippen molar-refractivity contribution in [2.75, 3.05) is 20.2 Å². The molecule has 0 fully saturated rings. The summed E-state index contributed by atoms with van der Waals surface area (Å²) >= 11 is 0. The van der Waals surface area contributed by atoms with E-state index in [1.807, 2.05) is 25.2 Å². The van der Waals surface area contributed by atoms with Gasteiger partial charge in [0.15, 0.2) is 0 Å². The zero-order chi connectivity index (χ0) is 14.5. The van der Waals surface area contributed by atoms with Gasteiger partial charge in [0.1, 0.15) is 5.54 Å². The highest BCUT2D eigenvalue weighted by Crippen LogP contribution is 2.25. The normalized spacial score (nSPS) is 14.2. The Hall–Kier alpha value is -0.940. The van der Waals surface area contributed by atoms with Crippen molar-refractivity contribution in [1.82, 2.24) is 5.43 Å². The van der Waals surface area contributed by atoms with Gasteiger partial charge >= 0.3 is 5.91 Å². The molecule has 0 radical (unpaired) electrons. The molecular formula is C15H26ClN2O2+. The first-order chi connectivity index (χ1) is 8.83. The molecule has 1 unspecified atom stereocenters. The van der Waals surface area contributed by atoms with Gasteiger partial charge in [-0.3, -0.25) is 0 Å². The summed E-state index contributed by atoms with van der Waals surface area (Å²) in [6.45, 7) is 6.12. The fourth-order valence-electron chi connectivity index (χ4n) is 2.28. The molecule has 1 amide bonds. The van der Waals surface area contributed by atoms with E-state index in [0.717, 1.165) is 6.42 Å². The second-order valence-electron chi connectivity index (χ2n) is 5.63. The maximum Gasteiger partial charge on any atom is 0.329 e. The highest BCUT2D eigenvalue weighted by molar-refractivity contribution is 5.85. The van der Waals surface area contributed by atoms with Crippen molar-refractivity contribution in [3.63, 3.8) is 0 Å². The highest BCUT2D eigenvalue weighted by Gasteiger charge is 2.44. The van der Waals surface area contributed by atoms with Crippen LogP contribution in [0.1, 0.15) is 26.3 Å². The lowest BCUT2D eigenvalue weighted by atomic mass is 9.92. The standard InChI is InChI=1S/C15H25N2O2.ClH/c1-13(19)17(4,16-10-11-18)15(2,3)12-14-8-6-5-7-9-14;/h5-9,16,18H,10-12H2,1-4H3;1H/q+1;. The van der Waals surface area contributed by atoms with E-state index in [1.165, 1.54) is 5.56 Å². The van der Waals surface area contributed by atoms with Crippen LogP contribution in [0.3, 0.4) is 0 Å². The number of amides is 1. The predicted octanol–water partition coefficient (Wildman–Crippen LogP) is 1.92. The van der Waals surface area contributed by atoms with Crippen molar-refractivity contribution in [2.45, 2.75) is 32.7 Å². The van der Waals surface area contributed by atoms with Gasteiger partial charge in [-0.2, -0.15) is 10.0 Å². The summed E-state index contributed by atoms with van der Waals surface area (Å²) in [7, 11) is 1.86. The number of rotatable bonds is 6. The van der Waals surface area contributed by atoms with Crippen LogP contribution in [0.2, 0.25) is 0 Å². The third-order valence-corrected chi connectivity index (χ3v) is 3.86. The molecule has 114 valence electrons. The SMILES string of the molecule is CC(=O)[N+](C)(NCCO)C(C)(C)Cc1ccccc1.Cl. The zero-order valence-corrected chi connectivity index (χ0v) is 13.5. The number of carbonyl (C=O) groups excluding carboxylic acids is 1. The van der Waals surface area contributed by atoms with Gasteiger partial charge < -0.3 is 5.11 Å². The number of aliphatic hydroxyl groups is 1. The van der Waals surface area contributed by atoms with Gasteiger partial charge in [0.05, 0.1) is 27.1 Å². The van der Waals surface area contributed by atoms with E-state index in [2.05, 4.69) is 31.4 Å². The van der Waals surface area contributed by atoms with Crippen LogP contribution in [0.15, 0.2) is 30.3 Å². The Balaban J connectivity index is 0.00000361. The van der Waals surface area contributed by atoms with Crippen LogP contribution in [0.5, 0.6) is 0 Å². The number of likely N-dealkylation sites (N-methyl/N-ethyl adjacent to an activating group) is 1. The average molecular weight is 302 g/mol. The van der Waals surface area contributed by atoms with Crippen molar-refractivity contribution < 1.29 is 14.5 Å². The van der Waals surface area contributed by atoms with E-state index >= 15 is 0 Å². The molecule has 0 saturated heterocycles. The first-order valence-electron chi connectivity index (χ1n) is 6.61. The molecule has 0 saturated carbocycles. The number of quaternary nitrogens is 1. The van der Waals surface area contributed by atoms with Crippen molar-refractivity contribution >= 4 is 18.3 Å². The Labute approximate surface area is 127 Å². The highest BCUT2D eigenvalue weighted by atomic mass is 35.5. The van der Waals surface area contributed by atoms with E-state index in [4.69, 9.17) is 5.11 Å². The molecule has 0 aliphatic heterocycles. The van der Waals surface area contributed by atoms with Gasteiger partial charge in [0.25, 0.3) is 0 Å². The van der Waals surface area contributed by atoms with Crippen LogP contribution in [-0.2, 0) is 11.2 Å². The van der Waals surface area contributed by atoms with Crippen LogP contribution in [0.4, 0.5) is 0 Å². The van der Waals surface area contributed by atoms with Crippen LogP contribution in [0, 0.1) is 0 Å². The summed E-state index contributed by atoms with van der Waals surface area (Å²) < 4.78 is 0.0997. The summed E-state index contributed by atoms with van der Waals surface area (Å²) in [5.74, 6) is 0.0365. The Kier molecular flexibility index (Phi) is 7.38. The maximum absolute atomic E-state index is 12.0. The van der Waals surface area contributed by atoms with Crippen LogP contribution >= 0.6 is 12.4 Å². The maximum atomic E-state index is 12.0. The Morgan fingerprint density at radius 2 is 1.85 bits per heavy atom. The van der Waals surface area contributed by atoms with Crippen LogP contribution < -0.4 is 5.43 Å². The summed E-state index contributed by atoms with van der Waals surface area (Å²) in [6.07, 6.45) is 0.780. The van der Waals surface area contributed by atoms with Gasteiger partial charge in [-0.15, -0.1) is 12.4 Å². The molecule has 0 aromatic heterocycles. The first-order valence-corrected chi connectivity index (χ1v) is 6.61. The number of aliphatic hydroxyl groups excluding tert-OH is 1. The molecule has 20 heavy (non-hydrogen) atoms. The van der Waals surface area contributed by atoms with Crippen LogP contribution in [0.25, 0.3) is 0 Å². The number of hydrogen-bond acceptors (Lipinski definition) is 3. The monoisotopic (exact) mass is 301 g/mol. The second kappa shape index (κ2) is 7.74. The number of hydrogen-bond donors (Lipinski definition) is 2. The predicted molar refractivity (Wildman–Crippen MR) is 83.4 cm³/mol. The lowest BCUT2D eigenvalue weighted by Gasteiger charge is -2.43. The number of nitrogens with zero attached hydrogens (tertiary/aromatic N) is 1. The van der Waals surface area contributed by atoms with Crippen molar-refractivity contribution in [3.8, 4) is 0 Å². The Bertz CT molecular complexity index is 423. The van der Waals surface area contributed by atoms with Crippen LogP contribution in [-0.4, -0.2) is 41.3 Å². The molecule has 0 spiro atoms. The molecular weight excluding hydrogens is 276 g/mol. The topological polar surface area (TPSA) is 49.3 Å². The average Bonchev–Trinajstić information content (AvgIpc) is 2.36. The van der Waals surface area contributed by atoms with E-state index in [1.54, 1.807) is 6.92 Å². The Morgan fingerprint density at radius 1 is 1.30 bits per heavy atom. The molecule has 1 aromatic rings. The van der Waals surface area contributed by atoms with E-state index in [0.29, 0.717) is 6.54 Å².